The lowest BCUT2D eigenvalue weighted by atomic mass is 10.3. The van der Waals surface area contributed by atoms with Gasteiger partial charge in [0.05, 0.1) is 5.52 Å². The highest BCUT2D eigenvalue weighted by molar-refractivity contribution is 5.81. The van der Waals surface area contributed by atoms with E-state index < -0.39 is 0 Å². The number of hydrogen-bond acceptors (Lipinski definition) is 2. The van der Waals surface area contributed by atoms with E-state index in [1.165, 1.54) is 0 Å². The van der Waals surface area contributed by atoms with Crippen molar-refractivity contribution in [1.82, 2.24) is 9.55 Å². The molecule has 2 rings (SSSR count). The lowest BCUT2D eigenvalue weighted by molar-refractivity contribution is 0.480. The highest BCUT2D eigenvalue weighted by atomic mass is 16.3. The summed E-state index contributed by atoms with van der Waals surface area (Å²) >= 11 is 0. The van der Waals surface area contributed by atoms with Crippen molar-refractivity contribution in [2.45, 2.75) is 19.9 Å². The van der Waals surface area contributed by atoms with E-state index in [0.717, 1.165) is 5.52 Å². The Morgan fingerprint density at radius 3 is 2.79 bits per heavy atom. The first kappa shape index (κ1) is 8.87. The predicted octanol–water partition coefficient (Wildman–Crippen LogP) is 1.62. The van der Waals surface area contributed by atoms with Crippen LogP contribution in [0.25, 0.3) is 11.0 Å². The first-order valence-corrected chi connectivity index (χ1v) is 4.53. The Morgan fingerprint density at radius 1 is 1.43 bits per heavy atom. The molecule has 0 aliphatic carbocycles. The molecular weight excluding hydrogens is 180 g/mol. The van der Waals surface area contributed by atoms with Crippen molar-refractivity contribution >= 4 is 11.0 Å². The molecule has 1 aromatic heterocycles. The minimum Gasteiger partial charge on any atom is -0.506 e. The minimum atomic E-state index is -0.184. The lowest BCUT2D eigenvalue weighted by Crippen LogP contribution is -2.18. The van der Waals surface area contributed by atoms with Crippen LogP contribution in [0.1, 0.15) is 19.9 Å². The molecule has 0 radical (unpaired) electrons. The molecule has 2 aromatic rings. The van der Waals surface area contributed by atoms with Crippen LogP contribution in [-0.4, -0.2) is 14.7 Å². The van der Waals surface area contributed by atoms with E-state index in [0.29, 0.717) is 5.52 Å². The van der Waals surface area contributed by atoms with Gasteiger partial charge in [0.25, 0.3) is 0 Å². The van der Waals surface area contributed by atoms with Crippen LogP contribution in [0.15, 0.2) is 23.0 Å². The van der Waals surface area contributed by atoms with Crippen LogP contribution < -0.4 is 5.69 Å². The van der Waals surface area contributed by atoms with E-state index in [2.05, 4.69) is 4.98 Å². The normalized spacial score (nSPS) is 11.4. The summed E-state index contributed by atoms with van der Waals surface area (Å²) in [6.45, 7) is 3.86. The van der Waals surface area contributed by atoms with Crippen molar-refractivity contribution in [3.05, 3.63) is 28.7 Å². The number of phenolic OH excluding ortho intramolecular Hbond substituents is 1. The second-order valence-electron chi connectivity index (χ2n) is 3.57. The van der Waals surface area contributed by atoms with Crippen LogP contribution in [0, 0.1) is 0 Å². The van der Waals surface area contributed by atoms with Crippen molar-refractivity contribution in [2.24, 2.45) is 0 Å². The number of rotatable bonds is 1. The molecule has 14 heavy (non-hydrogen) atoms. The van der Waals surface area contributed by atoms with E-state index in [1.54, 1.807) is 16.7 Å². The molecule has 4 nitrogen and oxygen atoms in total. The number of hydrogen-bond donors (Lipinski definition) is 2. The van der Waals surface area contributed by atoms with Crippen molar-refractivity contribution in [3.63, 3.8) is 0 Å². The summed E-state index contributed by atoms with van der Waals surface area (Å²) in [5, 5.41) is 9.51. The van der Waals surface area contributed by atoms with Gasteiger partial charge in [0.2, 0.25) is 0 Å². The van der Waals surface area contributed by atoms with Gasteiger partial charge in [0.1, 0.15) is 11.3 Å². The SMILES string of the molecule is CC(C)n1c(=O)[nH]c2c(O)cccc21. The van der Waals surface area contributed by atoms with Crippen molar-refractivity contribution < 1.29 is 5.11 Å². The van der Waals surface area contributed by atoms with Gasteiger partial charge < -0.3 is 10.1 Å². The molecule has 0 aliphatic rings. The number of benzene rings is 1. The second-order valence-corrected chi connectivity index (χ2v) is 3.57. The fraction of sp³-hybridized carbons (Fsp3) is 0.300. The zero-order valence-corrected chi connectivity index (χ0v) is 8.11. The number of aromatic nitrogens is 2. The van der Waals surface area contributed by atoms with Gasteiger partial charge in [-0.25, -0.2) is 4.79 Å². The molecule has 1 heterocycles. The molecule has 0 bridgehead atoms. The third-order valence-corrected chi connectivity index (χ3v) is 2.25. The Bertz CT molecular complexity index is 522. The quantitative estimate of drug-likeness (QED) is 0.721. The number of phenols is 1. The van der Waals surface area contributed by atoms with Crippen LogP contribution in [0.3, 0.4) is 0 Å². The maximum absolute atomic E-state index is 11.5. The molecule has 0 unspecified atom stereocenters. The fourth-order valence-electron chi connectivity index (χ4n) is 1.65. The number of para-hydroxylation sites is 1. The predicted molar refractivity (Wildman–Crippen MR) is 54.6 cm³/mol. The molecule has 0 atom stereocenters. The Labute approximate surface area is 80.8 Å². The van der Waals surface area contributed by atoms with Crippen LogP contribution in [0.2, 0.25) is 0 Å². The monoisotopic (exact) mass is 192 g/mol. The van der Waals surface area contributed by atoms with Gasteiger partial charge in [-0.3, -0.25) is 4.57 Å². The second kappa shape index (κ2) is 2.90. The number of nitrogens with one attached hydrogen (secondary N) is 1. The number of aromatic amines is 1. The lowest BCUT2D eigenvalue weighted by Gasteiger charge is -2.06. The molecule has 0 saturated carbocycles. The zero-order chi connectivity index (χ0) is 10.3. The summed E-state index contributed by atoms with van der Waals surface area (Å²) in [4.78, 5) is 14.2. The highest BCUT2D eigenvalue weighted by Crippen LogP contribution is 2.22. The first-order chi connectivity index (χ1) is 6.61. The maximum atomic E-state index is 11.5. The number of imidazole rings is 1. The molecule has 2 N–H and O–H groups in total. The zero-order valence-electron chi connectivity index (χ0n) is 8.11. The largest absolute Gasteiger partial charge is 0.506 e. The fourth-order valence-corrected chi connectivity index (χ4v) is 1.65. The number of aromatic hydroxyl groups is 1. The van der Waals surface area contributed by atoms with E-state index in [4.69, 9.17) is 0 Å². The Kier molecular flexibility index (Phi) is 1.84. The summed E-state index contributed by atoms with van der Waals surface area (Å²) in [6.07, 6.45) is 0. The number of H-pyrrole nitrogens is 1. The van der Waals surface area contributed by atoms with Gasteiger partial charge in [-0.2, -0.15) is 0 Å². The Morgan fingerprint density at radius 2 is 2.14 bits per heavy atom. The molecule has 0 amide bonds. The molecule has 0 spiro atoms. The summed E-state index contributed by atoms with van der Waals surface area (Å²) in [7, 11) is 0. The van der Waals surface area contributed by atoms with E-state index in [-0.39, 0.29) is 17.5 Å². The summed E-state index contributed by atoms with van der Waals surface area (Å²) in [5.74, 6) is 0.110. The first-order valence-electron chi connectivity index (χ1n) is 4.53. The molecular formula is C10H12N2O2. The Balaban J connectivity index is 2.91. The highest BCUT2D eigenvalue weighted by Gasteiger charge is 2.10. The van der Waals surface area contributed by atoms with Gasteiger partial charge in [0.15, 0.2) is 0 Å². The summed E-state index contributed by atoms with van der Waals surface area (Å²) in [5.41, 5.74) is 1.06. The average molecular weight is 192 g/mol. The van der Waals surface area contributed by atoms with Gasteiger partial charge in [-0.15, -0.1) is 0 Å². The van der Waals surface area contributed by atoms with E-state index in [9.17, 15) is 9.90 Å². The molecule has 74 valence electrons. The maximum Gasteiger partial charge on any atom is 0.326 e. The molecule has 0 saturated heterocycles. The third-order valence-electron chi connectivity index (χ3n) is 2.25. The standard InChI is InChI=1S/C10H12N2O2/c1-6(2)12-7-4-3-5-8(13)9(7)11-10(12)14/h3-6,13H,1-2H3,(H,11,14). The van der Waals surface area contributed by atoms with Crippen LogP contribution in [-0.2, 0) is 0 Å². The van der Waals surface area contributed by atoms with E-state index in [1.807, 2.05) is 19.9 Å². The third kappa shape index (κ3) is 1.11. The van der Waals surface area contributed by atoms with Gasteiger partial charge in [-0.05, 0) is 26.0 Å². The summed E-state index contributed by atoms with van der Waals surface area (Å²) in [6, 6.07) is 5.18. The van der Waals surface area contributed by atoms with Crippen molar-refractivity contribution in [3.8, 4) is 5.75 Å². The topological polar surface area (TPSA) is 58.0 Å². The summed E-state index contributed by atoms with van der Waals surface area (Å²) < 4.78 is 1.62. The number of fused-ring (bicyclic) bond motifs is 1. The average Bonchev–Trinajstić information content (AvgIpc) is 2.42. The molecule has 0 aliphatic heterocycles. The van der Waals surface area contributed by atoms with Gasteiger partial charge >= 0.3 is 5.69 Å². The smallest absolute Gasteiger partial charge is 0.326 e. The van der Waals surface area contributed by atoms with Crippen LogP contribution in [0.4, 0.5) is 0 Å². The Hall–Kier alpha value is -1.71. The van der Waals surface area contributed by atoms with Crippen LogP contribution >= 0.6 is 0 Å². The number of nitrogens with zero attached hydrogens (tertiary/aromatic N) is 1. The van der Waals surface area contributed by atoms with Crippen molar-refractivity contribution in [1.29, 1.82) is 0 Å². The van der Waals surface area contributed by atoms with E-state index >= 15 is 0 Å². The molecule has 1 aromatic carbocycles. The van der Waals surface area contributed by atoms with Gasteiger partial charge in [-0.1, -0.05) is 6.07 Å². The molecule has 4 heteroatoms. The van der Waals surface area contributed by atoms with Crippen LogP contribution in [0.5, 0.6) is 5.75 Å². The molecule has 0 fully saturated rings. The van der Waals surface area contributed by atoms with Gasteiger partial charge in [0, 0.05) is 6.04 Å². The minimum absolute atomic E-state index is 0.0815. The van der Waals surface area contributed by atoms with Crippen molar-refractivity contribution in [2.75, 3.05) is 0 Å².